The maximum Gasteiger partial charge on any atom is 0.234 e. The molecule has 0 bridgehead atoms. The molecule has 3 atom stereocenters. The number of thiophene rings is 1. The molecule has 0 spiro atoms. The number of anilines is 1. The first-order valence-electron chi connectivity index (χ1n) is 7.61. The molecular weight excluding hydrogens is 304 g/mol. The molecule has 1 saturated carbocycles. The van der Waals surface area contributed by atoms with Crippen molar-refractivity contribution in [3.63, 3.8) is 0 Å². The zero-order valence-corrected chi connectivity index (χ0v) is 13.9. The van der Waals surface area contributed by atoms with Crippen LogP contribution in [0.3, 0.4) is 0 Å². The lowest BCUT2D eigenvalue weighted by molar-refractivity contribution is -0.113. The molecule has 0 radical (unpaired) electrons. The maximum absolute atomic E-state index is 11.4. The van der Waals surface area contributed by atoms with Crippen molar-refractivity contribution >= 4 is 34.7 Å². The van der Waals surface area contributed by atoms with Gasteiger partial charge in [-0.3, -0.25) is 4.79 Å². The average molecular weight is 326 g/mol. The van der Waals surface area contributed by atoms with E-state index in [4.69, 9.17) is 0 Å². The summed E-state index contributed by atoms with van der Waals surface area (Å²) >= 11 is 3.38. The molecule has 1 aromatic rings. The second-order valence-corrected chi connectivity index (χ2v) is 8.26. The number of amides is 1. The molecule has 2 heterocycles. The summed E-state index contributed by atoms with van der Waals surface area (Å²) < 4.78 is 1.20. The van der Waals surface area contributed by atoms with E-state index in [1.54, 1.807) is 23.1 Å². The third-order valence-electron chi connectivity index (χ3n) is 4.31. The number of fused-ring (bicyclic) bond motifs is 1. The lowest BCUT2D eigenvalue weighted by atomic mass is 9.86. The van der Waals surface area contributed by atoms with Gasteiger partial charge >= 0.3 is 0 Å². The van der Waals surface area contributed by atoms with Gasteiger partial charge in [0.05, 0.1) is 21.8 Å². The highest BCUT2D eigenvalue weighted by Gasteiger charge is 2.24. The van der Waals surface area contributed by atoms with Gasteiger partial charge in [0.1, 0.15) is 0 Å². The van der Waals surface area contributed by atoms with Crippen LogP contribution in [0.2, 0.25) is 0 Å². The molecule has 116 valence electrons. The van der Waals surface area contributed by atoms with Crippen molar-refractivity contribution in [1.29, 1.82) is 0 Å². The summed E-state index contributed by atoms with van der Waals surface area (Å²) in [6.45, 7) is 3.02. The third-order valence-corrected chi connectivity index (χ3v) is 6.91. The predicted octanol–water partition coefficient (Wildman–Crippen LogP) is 2.99. The van der Waals surface area contributed by atoms with Gasteiger partial charge < -0.3 is 15.7 Å². The fourth-order valence-electron chi connectivity index (χ4n) is 2.97. The fraction of sp³-hybridized carbons (Fsp3) is 0.667. The molecule has 1 aromatic heterocycles. The van der Waals surface area contributed by atoms with Gasteiger partial charge in [-0.1, -0.05) is 12.8 Å². The molecule has 0 aromatic carbocycles. The zero-order chi connectivity index (χ0) is 14.8. The van der Waals surface area contributed by atoms with E-state index < -0.39 is 0 Å². The highest BCUT2D eigenvalue weighted by atomic mass is 32.2. The summed E-state index contributed by atoms with van der Waals surface area (Å²) in [6.07, 6.45) is 4.30. The number of nitrogens with one attached hydrogen (secondary N) is 2. The van der Waals surface area contributed by atoms with E-state index in [1.807, 2.05) is 0 Å². The summed E-state index contributed by atoms with van der Waals surface area (Å²) in [4.78, 5) is 12.7. The summed E-state index contributed by atoms with van der Waals surface area (Å²) in [5.74, 6) is 0.982. The van der Waals surface area contributed by atoms with Crippen molar-refractivity contribution in [3.8, 4) is 0 Å². The number of aliphatic hydroxyl groups is 1. The van der Waals surface area contributed by atoms with E-state index in [-0.39, 0.29) is 18.1 Å². The minimum atomic E-state index is -0.148. The number of rotatable bonds is 4. The minimum absolute atomic E-state index is 0.0859. The minimum Gasteiger partial charge on any atom is -0.393 e. The van der Waals surface area contributed by atoms with E-state index in [1.165, 1.54) is 15.5 Å². The second-order valence-electron chi connectivity index (χ2n) is 5.93. The smallest absolute Gasteiger partial charge is 0.234 e. The molecule has 3 unspecified atom stereocenters. The molecule has 21 heavy (non-hydrogen) atoms. The zero-order valence-electron chi connectivity index (χ0n) is 12.2. The molecule has 0 saturated heterocycles. The maximum atomic E-state index is 11.4. The van der Waals surface area contributed by atoms with Crippen LogP contribution in [-0.4, -0.2) is 29.4 Å². The molecule has 1 fully saturated rings. The number of aliphatic hydroxyl groups excluding tert-OH is 1. The highest BCUT2D eigenvalue weighted by molar-refractivity contribution is 8.02. The van der Waals surface area contributed by atoms with Gasteiger partial charge in [-0.15, -0.1) is 23.1 Å². The van der Waals surface area contributed by atoms with Crippen molar-refractivity contribution < 1.29 is 9.90 Å². The van der Waals surface area contributed by atoms with Gasteiger partial charge in [-0.25, -0.2) is 0 Å². The van der Waals surface area contributed by atoms with Crippen LogP contribution in [0.4, 0.5) is 5.69 Å². The van der Waals surface area contributed by atoms with Gasteiger partial charge in [0.15, 0.2) is 0 Å². The average Bonchev–Trinajstić information content (AvgIpc) is 2.89. The molecule has 3 rings (SSSR count). The number of carbonyl (C=O) groups is 1. The first-order valence-corrected chi connectivity index (χ1v) is 9.41. The monoisotopic (exact) mass is 326 g/mol. The van der Waals surface area contributed by atoms with Gasteiger partial charge in [-0.2, -0.15) is 0 Å². The number of hydrogen-bond acceptors (Lipinski definition) is 5. The fourth-order valence-corrected chi connectivity index (χ4v) is 5.14. The van der Waals surface area contributed by atoms with Crippen LogP contribution >= 0.6 is 23.1 Å². The normalized spacial score (nSPS) is 27.0. The van der Waals surface area contributed by atoms with Crippen LogP contribution in [0.1, 0.15) is 43.5 Å². The summed E-state index contributed by atoms with van der Waals surface area (Å²) in [7, 11) is 0. The van der Waals surface area contributed by atoms with E-state index in [2.05, 4.69) is 23.6 Å². The standard InChI is InChI=1S/C15H22N2O2S2/c1-9(16-7-10-4-2-3-5-12(10)18)13-6-11-15(21-13)20-8-14(19)17-11/h6,9-10,12,16,18H,2-5,7-8H2,1H3,(H,17,19). The molecule has 2 aliphatic rings. The lowest BCUT2D eigenvalue weighted by Gasteiger charge is -2.28. The number of carbonyl (C=O) groups excluding carboxylic acids is 1. The van der Waals surface area contributed by atoms with Gasteiger partial charge in [0.25, 0.3) is 0 Å². The van der Waals surface area contributed by atoms with Crippen LogP contribution in [0.15, 0.2) is 10.3 Å². The van der Waals surface area contributed by atoms with Crippen LogP contribution in [0, 0.1) is 5.92 Å². The largest absolute Gasteiger partial charge is 0.393 e. The van der Waals surface area contributed by atoms with Crippen molar-refractivity contribution in [2.75, 3.05) is 17.6 Å². The van der Waals surface area contributed by atoms with Crippen molar-refractivity contribution in [2.24, 2.45) is 5.92 Å². The summed E-state index contributed by atoms with van der Waals surface area (Å²) in [6, 6.07) is 2.34. The van der Waals surface area contributed by atoms with Crippen LogP contribution in [-0.2, 0) is 4.79 Å². The Balaban J connectivity index is 1.58. The van der Waals surface area contributed by atoms with Crippen molar-refractivity contribution in [2.45, 2.75) is 49.0 Å². The number of hydrogen-bond donors (Lipinski definition) is 3. The van der Waals surface area contributed by atoms with E-state index in [0.717, 1.165) is 31.5 Å². The van der Waals surface area contributed by atoms with Crippen LogP contribution in [0.5, 0.6) is 0 Å². The molecular formula is C15H22N2O2S2. The first-order chi connectivity index (χ1) is 10.1. The van der Waals surface area contributed by atoms with E-state index >= 15 is 0 Å². The molecule has 6 heteroatoms. The van der Waals surface area contributed by atoms with Crippen molar-refractivity contribution in [3.05, 3.63) is 10.9 Å². The van der Waals surface area contributed by atoms with Gasteiger partial charge in [0.2, 0.25) is 5.91 Å². The second kappa shape index (κ2) is 6.69. The van der Waals surface area contributed by atoms with Crippen LogP contribution < -0.4 is 10.6 Å². The molecule has 1 aliphatic carbocycles. The van der Waals surface area contributed by atoms with Crippen LogP contribution in [0.25, 0.3) is 0 Å². The Bertz CT molecular complexity index is 518. The Morgan fingerprint density at radius 2 is 2.29 bits per heavy atom. The topological polar surface area (TPSA) is 61.4 Å². The van der Waals surface area contributed by atoms with Gasteiger partial charge in [0, 0.05) is 17.5 Å². The summed E-state index contributed by atoms with van der Waals surface area (Å²) in [5.41, 5.74) is 0.961. The molecule has 3 N–H and O–H groups in total. The molecule has 4 nitrogen and oxygen atoms in total. The Kier molecular flexibility index (Phi) is 4.88. The Morgan fingerprint density at radius 1 is 1.48 bits per heavy atom. The Morgan fingerprint density at radius 3 is 3.10 bits per heavy atom. The quantitative estimate of drug-likeness (QED) is 0.796. The van der Waals surface area contributed by atoms with E-state index in [0.29, 0.717) is 11.7 Å². The lowest BCUT2D eigenvalue weighted by Crippen LogP contribution is -2.34. The Labute approximate surface area is 133 Å². The SMILES string of the molecule is CC(NCC1CCCCC1O)c1cc2c(s1)SCC(=O)N2. The summed E-state index contributed by atoms with van der Waals surface area (Å²) in [5, 5.41) is 16.5. The number of thioether (sulfide) groups is 1. The predicted molar refractivity (Wildman–Crippen MR) is 88.1 cm³/mol. The van der Waals surface area contributed by atoms with E-state index in [9.17, 15) is 9.90 Å². The van der Waals surface area contributed by atoms with Crippen molar-refractivity contribution in [1.82, 2.24) is 5.32 Å². The Hall–Kier alpha value is -0.560. The molecule has 1 amide bonds. The first kappa shape index (κ1) is 15.3. The third kappa shape index (κ3) is 3.62. The molecule has 1 aliphatic heterocycles. The highest BCUT2D eigenvalue weighted by Crippen LogP contribution is 2.41. The van der Waals surface area contributed by atoms with Gasteiger partial charge in [-0.05, 0) is 31.7 Å².